The topological polar surface area (TPSA) is 70.6 Å². The van der Waals surface area contributed by atoms with Crippen LogP contribution in [0.3, 0.4) is 0 Å². The Labute approximate surface area is 138 Å². The summed E-state index contributed by atoms with van der Waals surface area (Å²) in [7, 11) is 0. The minimum Gasteiger partial charge on any atom is -0.491 e. The number of hydrogen-bond acceptors (Lipinski definition) is 3. The van der Waals surface area contributed by atoms with Gasteiger partial charge in [-0.15, -0.1) is 0 Å². The van der Waals surface area contributed by atoms with Crippen LogP contribution in [-0.2, 0) is 0 Å². The van der Waals surface area contributed by atoms with Gasteiger partial charge in [0.25, 0.3) is 0 Å². The molecule has 0 saturated heterocycles. The van der Waals surface area contributed by atoms with Crippen molar-refractivity contribution in [2.24, 2.45) is 5.92 Å². The minimum atomic E-state index is -0.192. The first-order chi connectivity index (χ1) is 11.1. The minimum absolute atomic E-state index is 0.184. The Kier molecular flexibility index (Phi) is 6.71. The summed E-state index contributed by atoms with van der Waals surface area (Å²) in [6.45, 7) is 4.94. The summed E-state index contributed by atoms with van der Waals surface area (Å²) >= 11 is 0. The lowest BCUT2D eigenvalue weighted by Gasteiger charge is -2.28. The van der Waals surface area contributed by atoms with Gasteiger partial charge in [-0.25, -0.2) is 4.79 Å². The number of urea groups is 1. The van der Waals surface area contributed by atoms with Crippen molar-refractivity contribution in [3.05, 3.63) is 23.8 Å². The summed E-state index contributed by atoms with van der Waals surface area (Å²) in [6, 6.07) is 5.77. The molecule has 1 aliphatic rings. The second-order valence-corrected chi connectivity index (χ2v) is 6.35. The van der Waals surface area contributed by atoms with Gasteiger partial charge in [0.1, 0.15) is 5.75 Å². The highest BCUT2D eigenvalue weighted by atomic mass is 16.5. The van der Waals surface area contributed by atoms with E-state index in [1.54, 1.807) is 0 Å². The van der Waals surface area contributed by atoms with Gasteiger partial charge in [-0.1, -0.05) is 13.0 Å². The average Bonchev–Trinajstić information content (AvgIpc) is 2.55. The first kappa shape index (κ1) is 17.6. The fourth-order valence-electron chi connectivity index (χ4n) is 2.90. The molecule has 0 aliphatic heterocycles. The van der Waals surface area contributed by atoms with Gasteiger partial charge in [-0.2, -0.15) is 0 Å². The molecule has 0 atom stereocenters. The fourth-order valence-corrected chi connectivity index (χ4v) is 2.90. The summed E-state index contributed by atoms with van der Waals surface area (Å²) < 4.78 is 5.72. The van der Waals surface area contributed by atoms with E-state index in [9.17, 15) is 4.79 Å². The first-order valence-corrected chi connectivity index (χ1v) is 8.54. The zero-order chi connectivity index (χ0) is 16.7. The third-order valence-electron chi connectivity index (χ3n) is 4.29. The molecule has 0 radical (unpaired) electrons. The van der Waals surface area contributed by atoms with Gasteiger partial charge in [0.2, 0.25) is 0 Å². The summed E-state index contributed by atoms with van der Waals surface area (Å²) in [5, 5.41) is 15.1. The molecule has 1 aromatic carbocycles. The number of aliphatic hydroxyl groups excluding tert-OH is 1. The molecule has 128 valence electrons. The van der Waals surface area contributed by atoms with Crippen LogP contribution in [0.4, 0.5) is 10.5 Å². The van der Waals surface area contributed by atoms with Crippen molar-refractivity contribution in [3.8, 4) is 5.75 Å². The molecule has 1 aliphatic carbocycles. The van der Waals surface area contributed by atoms with Crippen LogP contribution in [0.5, 0.6) is 5.75 Å². The van der Waals surface area contributed by atoms with Crippen molar-refractivity contribution in [1.82, 2.24) is 5.32 Å². The number of aliphatic hydroxyl groups is 1. The molecule has 0 aromatic heterocycles. The Bertz CT molecular complexity index is 511. The highest BCUT2D eigenvalue weighted by Crippen LogP contribution is 2.27. The molecule has 0 heterocycles. The van der Waals surface area contributed by atoms with E-state index in [4.69, 9.17) is 9.84 Å². The lowest BCUT2D eigenvalue weighted by molar-refractivity contribution is 0.176. The lowest BCUT2D eigenvalue weighted by Crippen LogP contribution is -2.40. The molecule has 0 bridgehead atoms. The van der Waals surface area contributed by atoms with Crippen LogP contribution >= 0.6 is 0 Å². The number of anilines is 1. The van der Waals surface area contributed by atoms with E-state index in [1.807, 2.05) is 25.1 Å². The van der Waals surface area contributed by atoms with E-state index in [0.717, 1.165) is 37.7 Å². The maximum atomic E-state index is 12.2. The van der Waals surface area contributed by atoms with Gasteiger partial charge in [0, 0.05) is 12.6 Å². The molecule has 2 amide bonds. The second-order valence-electron chi connectivity index (χ2n) is 6.35. The Balaban J connectivity index is 1.90. The number of benzene rings is 1. The van der Waals surface area contributed by atoms with Crippen molar-refractivity contribution < 1.29 is 14.6 Å². The number of amides is 2. The molecule has 5 nitrogen and oxygen atoms in total. The maximum Gasteiger partial charge on any atom is 0.319 e. The first-order valence-electron chi connectivity index (χ1n) is 8.54. The number of rotatable bonds is 6. The number of hydrogen-bond donors (Lipinski definition) is 3. The predicted octanol–water partition coefficient (Wildman–Crippen LogP) is 3.46. The van der Waals surface area contributed by atoms with Crippen LogP contribution in [-0.4, -0.2) is 30.4 Å². The third kappa shape index (κ3) is 5.43. The molecule has 0 unspecified atom stereocenters. The molecule has 0 spiro atoms. The van der Waals surface area contributed by atoms with Gasteiger partial charge in [-0.3, -0.25) is 0 Å². The van der Waals surface area contributed by atoms with Crippen molar-refractivity contribution >= 4 is 11.7 Å². The zero-order valence-corrected chi connectivity index (χ0v) is 14.1. The van der Waals surface area contributed by atoms with E-state index in [2.05, 4.69) is 17.6 Å². The molecule has 5 heteroatoms. The highest BCUT2D eigenvalue weighted by molar-refractivity contribution is 5.91. The average molecular weight is 320 g/mol. The molecular formula is C18H28N2O3. The monoisotopic (exact) mass is 320 g/mol. The normalized spacial score (nSPS) is 20.8. The quantitative estimate of drug-likeness (QED) is 0.752. The standard InChI is InChI=1S/C18H28N2O3/c1-3-10-23-17-11-13(2)4-9-16(17)20-18(22)19-15-7-5-14(12-21)6-8-15/h4,9,11,14-15,21H,3,5-8,10,12H2,1-2H3,(H2,19,20,22). The van der Waals surface area contributed by atoms with Crippen LogP contribution < -0.4 is 15.4 Å². The molecule has 3 N–H and O–H groups in total. The third-order valence-corrected chi connectivity index (χ3v) is 4.29. The smallest absolute Gasteiger partial charge is 0.319 e. The summed E-state index contributed by atoms with van der Waals surface area (Å²) in [5.41, 5.74) is 1.80. The van der Waals surface area contributed by atoms with Crippen molar-refractivity contribution in [3.63, 3.8) is 0 Å². The van der Waals surface area contributed by atoms with Crippen LogP contribution in [0.2, 0.25) is 0 Å². The SMILES string of the molecule is CCCOc1cc(C)ccc1NC(=O)NC1CCC(CO)CC1. The van der Waals surface area contributed by atoms with Crippen LogP contribution in [0.1, 0.15) is 44.6 Å². The van der Waals surface area contributed by atoms with Crippen LogP contribution in [0.25, 0.3) is 0 Å². The molecule has 1 aromatic rings. The number of nitrogens with one attached hydrogen (secondary N) is 2. The number of aryl methyl sites for hydroxylation is 1. The van der Waals surface area contributed by atoms with Crippen LogP contribution in [0, 0.1) is 12.8 Å². The second kappa shape index (κ2) is 8.77. The molecule has 1 saturated carbocycles. The van der Waals surface area contributed by atoms with Crippen LogP contribution in [0.15, 0.2) is 18.2 Å². The Morgan fingerprint density at radius 1 is 1.30 bits per heavy atom. The summed E-state index contributed by atoms with van der Waals surface area (Å²) in [6.07, 6.45) is 4.71. The van der Waals surface area contributed by atoms with Crippen molar-refractivity contribution in [1.29, 1.82) is 0 Å². The summed E-state index contributed by atoms with van der Waals surface area (Å²) in [4.78, 5) is 12.2. The van der Waals surface area contributed by atoms with Gasteiger partial charge in [0.15, 0.2) is 0 Å². The Morgan fingerprint density at radius 3 is 2.70 bits per heavy atom. The van der Waals surface area contributed by atoms with E-state index in [1.165, 1.54) is 0 Å². The Hall–Kier alpha value is -1.75. The van der Waals surface area contributed by atoms with E-state index < -0.39 is 0 Å². The molecular weight excluding hydrogens is 292 g/mol. The van der Waals surface area contributed by atoms with Crippen molar-refractivity contribution in [2.75, 3.05) is 18.5 Å². The number of carbonyl (C=O) groups excluding carboxylic acids is 1. The fraction of sp³-hybridized carbons (Fsp3) is 0.611. The summed E-state index contributed by atoms with van der Waals surface area (Å²) in [5.74, 6) is 1.10. The van der Waals surface area contributed by atoms with E-state index in [-0.39, 0.29) is 18.7 Å². The molecule has 1 fully saturated rings. The number of carbonyl (C=O) groups is 1. The molecule has 2 rings (SSSR count). The lowest BCUT2D eigenvalue weighted by atomic mass is 9.87. The number of ether oxygens (including phenoxy) is 1. The zero-order valence-electron chi connectivity index (χ0n) is 14.1. The predicted molar refractivity (Wildman–Crippen MR) is 92.0 cm³/mol. The highest BCUT2D eigenvalue weighted by Gasteiger charge is 2.22. The van der Waals surface area contributed by atoms with Gasteiger partial charge < -0.3 is 20.5 Å². The van der Waals surface area contributed by atoms with Gasteiger partial charge in [-0.05, 0) is 62.6 Å². The largest absolute Gasteiger partial charge is 0.491 e. The van der Waals surface area contributed by atoms with Gasteiger partial charge in [0.05, 0.1) is 12.3 Å². The maximum absolute atomic E-state index is 12.2. The Morgan fingerprint density at radius 2 is 2.04 bits per heavy atom. The molecule has 23 heavy (non-hydrogen) atoms. The van der Waals surface area contributed by atoms with E-state index in [0.29, 0.717) is 24.0 Å². The van der Waals surface area contributed by atoms with E-state index >= 15 is 0 Å². The van der Waals surface area contributed by atoms with Crippen molar-refractivity contribution in [2.45, 2.75) is 52.0 Å². The van der Waals surface area contributed by atoms with Gasteiger partial charge >= 0.3 is 6.03 Å².